The predicted molar refractivity (Wildman–Crippen MR) is 55.8 cm³/mol. The van der Waals surface area contributed by atoms with Crippen molar-refractivity contribution >= 4 is 0 Å². The number of hydrogen-bond donors (Lipinski definition) is 1. The molecule has 76 valence electrons. The smallest absolute Gasteiger partial charge is 0.133 e. The molecule has 0 bridgehead atoms. The molecule has 0 atom stereocenters. The van der Waals surface area contributed by atoms with Crippen LogP contribution in [0.15, 0.2) is 24.3 Å². The number of rotatable bonds is 4. The van der Waals surface area contributed by atoms with Crippen molar-refractivity contribution in [1.82, 2.24) is 0 Å². The molecule has 1 rings (SSSR count). The highest BCUT2D eigenvalue weighted by atomic mass is 16.3. The molecule has 0 saturated heterocycles. The number of aromatic hydroxyl groups is 1. The maximum absolute atomic E-state index is 9.06. The second-order valence-corrected chi connectivity index (χ2v) is 3.37. The third-order valence-electron chi connectivity index (χ3n) is 2.21. The minimum atomic E-state index is -0.498. The van der Waals surface area contributed by atoms with Gasteiger partial charge in [-0.15, -0.1) is 0 Å². The Balaban J connectivity index is 2.36. The number of phenolic OH excluding ortho intramolecular Hbond substituents is 1. The first-order chi connectivity index (χ1) is 7.26. The summed E-state index contributed by atoms with van der Waals surface area (Å²) in [5.41, 5.74) is 1.11. The van der Waals surface area contributed by atoms with Gasteiger partial charge in [0.1, 0.15) is 11.7 Å². The third-order valence-corrected chi connectivity index (χ3v) is 2.21. The van der Waals surface area contributed by atoms with E-state index in [9.17, 15) is 0 Å². The van der Waals surface area contributed by atoms with Crippen molar-refractivity contribution in [1.29, 1.82) is 10.5 Å². The van der Waals surface area contributed by atoms with E-state index in [2.05, 4.69) is 0 Å². The van der Waals surface area contributed by atoms with Crippen LogP contribution in [0.25, 0.3) is 0 Å². The fraction of sp³-hybridized carbons (Fsp3) is 0.333. The van der Waals surface area contributed by atoms with E-state index in [0.717, 1.165) is 18.4 Å². The van der Waals surface area contributed by atoms with Crippen LogP contribution in [0.4, 0.5) is 0 Å². The van der Waals surface area contributed by atoms with E-state index in [-0.39, 0.29) is 5.75 Å². The Morgan fingerprint density at radius 1 is 1.13 bits per heavy atom. The molecule has 0 aliphatic heterocycles. The van der Waals surface area contributed by atoms with Gasteiger partial charge in [-0.2, -0.15) is 10.5 Å². The molecule has 0 unspecified atom stereocenters. The van der Waals surface area contributed by atoms with Crippen LogP contribution in [0.1, 0.15) is 18.4 Å². The number of nitrogens with zero attached hydrogens (tertiary/aromatic N) is 2. The maximum Gasteiger partial charge on any atom is 0.133 e. The average Bonchev–Trinajstić information content (AvgIpc) is 2.27. The highest BCUT2D eigenvalue weighted by molar-refractivity contribution is 5.25. The summed E-state index contributed by atoms with van der Waals surface area (Å²) >= 11 is 0. The van der Waals surface area contributed by atoms with Crippen molar-refractivity contribution in [2.45, 2.75) is 19.3 Å². The Kier molecular flexibility index (Phi) is 4.19. The quantitative estimate of drug-likeness (QED) is 0.811. The molecule has 0 aliphatic rings. The predicted octanol–water partition coefficient (Wildman–Crippen LogP) is 2.38. The van der Waals surface area contributed by atoms with Gasteiger partial charge in [-0.05, 0) is 37.0 Å². The largest absolute Gasteiger partial charge is 0.508 e. The Morgan fingerprint density at radius 2 is 1.73 bits per heavy atom. The summed E-state index contributed by atoms with van der Waals surface area (Å²) < 4.78 is 0. The lowest BCUT2D eigenvalue weighted by Crippen LogP contribution is -1.94. The maximum atomic E-state index is 9.06. The van der Waals surface area contributed by atoms with Gasteiger partial charge in [0.25, 0.3) is 0 Å². The molecular weight excluding hydrogens is 188 g/mol. The standard InChI is InChI=1S/C12H12N2O/c13-8-11(9-14)3-1-2-10-4-6-12(15)7-5-10/h4-7,11,15H,1-3H2. The van der Waals surface area contributed by atoms with Crippen LogP contribution >= 0.6 is 0 Å². The molecule has 0 aromatic heterocycles. The number of phenols is 1. The minimum Gasteiger partial charge on any atom is -0.508 e. The molecule has 1 aromatic rings. The van der Waals surface area contributed by atoms with Gasteiger partial charge < -0.3 is 5.11 Å². The Hall–Kier alpha value is -2.00. The second-order valence-electron chi connectivity index (χ2n) is 3.37. The van der Waals surface area contributed by atoms with E-state index in [1.54, 1.807) is 12.1 Å². The molecule has 0 aliphatic carbocycles. The van der Waals surface area contributed by atoms with Crippen LogP contribution < -0.4 is 0 Å². The van der Waals surface area contributed by atoms with Gasteiger partial charge >= 0.3 is 0 Å². The Bertz CT molecular complexity index is 370. The molecule has 0 fully saturated rings. The van der Waals surface area contributed by atoms with E-state index in [0.29, 0.717) is 6.42 Å². The van der Waals surface area contributed by atoms with Crippen LogP contribution in [-0.2, 0) is 6.42 Å². The summed E-state index contributed by atoms with van der Waals surface area (Å²) in [6, 6.07) is 10.9. The van der Waals surface area contributed by atoms with E-state index < -0.39 is 5.92 Å². The van der Waals surface area contributed by atoms with Crippen LogP contribution in [-0.4, -0.2) is 5.11 Å². The summed E-state index contributed by atoms with van der Waals surface area (Å²) in [6.45, 7) is 0. The number of benzene rings is 1. The molecule has 0 saturated carbocycles. The molecule has 0 amide bonds. The van der Waals surface area contributed by atoms with Crippen molar-refractivity contribution in [2.24, 2.45) is 5.92 Å². The van der Waals surface area contributed by atoms with Crippen LogP contribution in [0.3, 0.4) is 0 Å². The van der Waals surface area contributed by atoms with E-state index in [1.165, 1.54) is 0 Å². The van der Waals surface area contributed by atoms with Gasteiger partial charge in [0.15, 0.2) is 0 Å². The van der Waals surface area contributed by atoms with Gasteiger partial charge in [-0.3, -0.25) is 0 Å². The average molecular weight is 200 g/mol. The van der Waals surface area contributed by atoms with Crippen molar-refractivity contribution < 1.29 is 5.11 Å². The number of hydrogen-bond acceptors (Lipinski definition) is 3. The Labute approximate surface area is 89.2 Å². The summed E-state index contributed by atoms with van der Waals surface area (Å²) in [7, 11) is 0. The van der Waals surface area contributed by atoms with Crippen molar-refractivity contribution in [3.8, 4) is 17.9 Å². The lowest BCUT2D eigenvalue weighted by Gasteiger charge is -2.01. The third kappa shape index (κ3) is 3.70. The zero-order valence-corrected chi connectivity index (χ0v) is 8.35. The lowest BCUT2D eigenvalue weighted by atomic mass is 10.0. The lowest BCUT2D eigenvalue weighted by molar-refractivity contribution is 0.475. The van der Waals surface area contributed by atoms with Crippen molar-refractivity contribution in [3.05, 3.63) is 29.8 Å². The van der Waals surface area contributed by atoms with Crippen molar-refractivity contribution in [3.63, 3.8) is 0 Å². The molecule has 1 aromatic carbocycles. The highest BCUT2D eigenvalue weighted by Crippen LogP contribution is 2.13. The zero-order valence-electron chi connectivity index (χ0n) is 8.35. The molecular formula is C12H12N2O. The molecule has 3 nitrogen and oxygen atoms in total. The first-order valence-corrected chi connectivity index (χ1v) is 4.83. The minimum absolute atomic E-state index is 0.255. The van der Waals surface area contributed by atoms with Gasteiger partial charge in [0, 0.05) is 0 Å². The number of nitriles is 2. The molecule has 3 heteroatoms. The van der Waals surface area contributed by atoms with Crippen molar-refractivity contribution in [2.75, 3.05) is 0 Å². The normalized spacial score (nSPS) is 9.53. The summed E-state index contributed by atoms with van der Waals surface area (Å²) in [6.07, 6.45) is 2.25. The molecule has 0 heterocycles. The van der Waals surface area contributed by atoms with E-state index >= 15 is 0 Å². The zero-order chi connectivity index (χ0) is 11.1. The monoisotopic (exact) mass is 200 g/mol. The summed E-state index contributed by atoms with van der Waals surface area (Å²) in [5.74, 6) is -0.243. The van der Waals surface area contributed by atoms with E-state index in [1.807, 2.05) is 24.3 Å². The molecule has 1 N–H and O–H groups in total. The van der Waals surface area contributed by atoms with Crippen LogP contribution in [0.5, 0.6) is 5.75 Å². The summed E-state index contributed by atoms with van der Waals surface area (Å²) in [4.78, 5) is 0. The van der Waals surface area contributed by atoms with Gasteiger partial charge in [-0.1, -0.05) is 12.1 Å². The molecule has 0 spiro atoms. The van der Waals surface area contributed by atoms with Crippen LogP contribution in [0.2, 0.25) is 0 Å². The van der Waals surface area contributed by atoms with E-state index in [4.69, 9.17) is 15.6 Å². The van der Waals surface area contributed by atoms with Crippen LogP contribution in [0, 0.1) is 28.6 Å². The number of aryl methyl sites for hydroxylation is 1. The van der Waals surface area contributed by atoms with Gasteiger partial charge in [0.2, 0.25) is 0 Å². The fourth-order valence-electron chi connectivity index (χ4n) is 1.33. The van der Waals surface area contributed by atoms with Gasteiger partial charge in [0.05, 0.1) is 12.1 Å². The topological polar surface area (TPSA) is 67.8 Å². The van der Waals surface area contributed by atoms with Gasteiger partial charge in [-0.25, -0.2) is 0 Å². The first kappa shape index (κ1) is 11.1. The molecule has 0 radical (unpaired) electrons. The highest BCUT2D eigenvalue weighted by Gasteiger charge is 2.04. The second kappa shape index (κ2) is 5.67. The summed E-state index contributed by atoms with van der Waals surface area (Å²) in [5, 5.41) is 26.2. The SMILES string of the molecule is N#CC(C#N)CCCc1ccc(O)cc1. The molecule has 15 heavy (non-hydrogen) atoms. The Morgan fingerprint density at radius 3 is 2.27 bits per heavy atom. The fourth-order valence-corrected chi connectivity index (χ4v) is 1.33. The first-order valence-electron chi connectivity index (χ1n) is 4.83.